The number of non-ortho nitro benzene ring substituents is 1. The van der Waals surface area contributed by atoms with E-state index in [9.17, 15) is 10.1 Å². The van der Waals surface area contributed by atoms with Gasteiger partial charge in [-0.1, -0.05) is 17.3 Å². The van der Waals surface area contributed by atoms with Crippen LogP contribution in [-0.4, -0.2) is 21.0 Å². The predicted molar refractivity (Wildman–Crippen MR) is 71.3 cm³/mol. The van der Waals surface area contributed by atoms with Crippen molar-refractivity contribution < 1.29 is 10.1 Å². The lowest BCUT2D eigenvalue weighted by Crippen LogP contribution is -2.14. The van der Waals surface area contributed by atoms with Crippen molar-refractivity contribution in [1.29, 1.82) is 0 Å². The third-order valence-corrected chi connectivity index (χ3v) is 3.21. The van der Waals surface area contributed by atoms with Crippen LogP contribution in [0.3, 0.4) is 0 Å². The summed E-state index contributed by atoms with van der Waals surface area (Å²) in [6, 6.07) is 6.24. The maximum Gasteiger partial charge on any atom is 0.270 e. The zero-order chi connectivity index (χ0) is 13.8. The van der Waals surface area contributed by atoms with E-state index < -0.39 is 4.92 Å². The molecule has 0 bridgehead atoms. The second-order valence-corrected chi connectivity index (χ2v) is 4.64. The molecule has 2 aromatic rings. The van der Waals surface area contributed by atoms with E-state index in [-0.39, 0.29) is 17.9 Å². The van der Waals surface area contributed by atoms with Crippen molar-refractivity contribution in [2.75, 3.05) is 0 Å². The molecular formula is C11H10N4O3S. The molecule has 1 aromatic heterocycles. The summed E-state index contributed by atoms with van der Waals surface area (Å²) in [5.74, 6) is 0.0694. The molecule has 0 atom stereocenters. The first-order valence-electron chi connectivity index (χ1n) is 5.26. The fourth-order valence-electron chi connectivity index (χ4n) is 1.49. The molecule has 0 saturated carbocycles. The highest BCUT2D eigenvalue weighted by molar-refractivity contribution is 7.10. The van der Waals surface area contributed by atoms with Crippen molar-refractivity contribution in [2.45, 2.75) is 6.42 Å². The van der Waals surface area contributed by atoms with E-state index in [1.165, 1.54) is 23.5 Å². The number of nitro groups is 1. The molecule has 0 fully saturated rings. The van der Waals surface area contributed by atoms with Crippen LogP contribution in [0, 0.1) is 10.1 Å². The van der Waals surface area contributed by atoms with Crippen LogP contribution in [0.2, 0.25) is 0 Å². The summed E-state index contributed by atoms with van der Waals surface area (Å²) in [6.45, 7) is 0. The van der Waals surface area contributed by atoms with Crippen molar-refractivity contribution >= 4 is 22.9 Å². The number of hydrogen-bond acceptors (Lipinski definition) is 6. The van der Waals surface area contributed by atoms with Gasteiger partial charge in [0.15, 0.2) is 0 Å². The normalized spacial score (nSPS) is 11.5. The number of oxime groups is 1. The summed E-state index contributed by atoms with van der Waals surface area (Å²) in [5.41, 5.74) is 6.71. The predicted octanol–water partition coefficient (Wildman–Crippen LogP) is 2.01. The number of nitrogens with zero attached hydrogens (tertiary/aromatic N) is 3. The molecule has 0 spiro atoms. The molecule has 8 heteroatoms. The minimum absolute atomic E-state index is 0.0171. The minimum Gasteiger partial charge on any atom is -0.409 e. The lowest BCUT2D eigenvalue weighted by molar-refractivity contribution is -0.384. The lowest BCUT2D eigenvalue weighted by Gasteiger charge is -1.97. The van der Waals surface area contributed by atoms with E-state index >= 15 is 0 Å². The van der Waals surface area contributed by atoms with E-state index in [0.717, 1.165) is 0 Å². The molecular weight excluding hydrogens is 268 g/mol. The third-order valence-electron chi connectivity index (χ3n) is 2.37. The summed E-state index contributed by atoms with van der Waals surface area (Å²) in [4.78, 5) is 14.5. The van der Waals surface area contributed by atoms with Crippen molar-refractivity contribution in [3.8, 4) is 11.3 Å². The molecule has 19 heavy (non-hydrogen) atoms. The Balaban J connectivity index is 2.27. The molecule has 1 heterocycles. The van der Waals surface area contributed by atoms with Gasteiger partial charge in [0.2, 0.25) is 0 Å². The van der Waals surface area contributed by atoms with Crippen molar-refractivity contribution in [1.82, 2.24) is 4.98 Å². The van der Waals surface area contributed by atoms with Crippen molar-refractivity contribution in [2.24, 2.45) is 10.9 Å². The van der Waals surface area contributed by atoms with E-state index in [2.05, 4.69) is 10.1 Å². The van der Waals surface area contributed by atoms with Gasteiger partial charge in [-0.05, 0) is 0 Å². The van der Waals surface area contributed by atoms with E-state index in [4.69, 9.17) is 10.9 Å². The van der Waals surface area contributed by atoms with Gasteiger partial charge in [0.25, 0.3) is 5.69 Å². The standard InChI is InChI=1S/C11H10N4O3S/c12-10(14-16)5-11-13-9(6-19-11)7-2-1-3-8(4-7)15(17)18/h1-4,6,16H,5H2,(H2,12,14). The van der Waals surface area contributed by atoms with Gasteiger partial charge in [-0.15, -0.1) is 11.3 Å². The van der Waals surface area contributed by atoms with Crippen LogP contribution in [0.1, 0.15) is 5.01 Å². The molecule has 0 unspecified atom stereocenters. The molecule has 0 amide bonds. The van der Waals surface area contributed by atoms with E-state index in [1.807, 2.05) is 0 Å². The van der Waals surface area contributed by atoms with Gasteiger partial charge in [-0.3, -0.25) is 10.1 Å². The summed E-state index contributed by atoms with van der Waals surface area (Å²) in [6.07, 6.45) is 0.246. The smallest absolute Gasteiger partial charge is 0.270 e. The Morgan fingerprint density at radius 3 is 3.05 bits per heavy atom. The molecule has 98 valence electrons. The molecule has 0 aliphatic rings. The zero-order valence-corrected chi connectivity index (χ0v) is 10.5. The molecule has 2 rings (SSSR count). The molecule has 0 radical (unpaired) electrons. The Hall–Kier alpha value is -2.48. The largest absolute Gasteiger partial charge is 0.409 e. The Bertz CT molecular complexity index is 638. The third kappa shape index (κ3) is 3.05. The summed E-state index contributed by atoms with van der Waals surface area (Å²) < 4.78 is 0. The van der Waals surface area contributed by atoms with Gasteiger partial charge in [-0.2, -0.15) is 0 Å². The average molecular weight is 278 g/mol. The molecule has 0 aliphatic heterocycles. The van der Waals surface area contributed by atoms with Crippen LogP contribution in [0.4, 0.5) is 5.69 Å². The highest BCUT2D eigenvalue weighted by Gasteiger charge is 2.10. The summed E-state index contributed by atoms with van der Waals surface area (Å²) in [7, 11) is 0. The first-order valence-corrected chi connectivity index (χ1v) is 6.13. The van der Waals surface area contributed by atoms with Crippen LogP contribution < -0.4 is 5.73 Å². The number of nitro benzene ring substituents is 1. The number of aromatic nitrogens is 1. The lowest BCUT2D eigenvalue weighted by atomic mass is 10.1. The second-order valence-electron chi connectivity index (χ2n) is 3.70. The summed E-state index contributed by atoms with van der Waals surface area (Å²) >= 11 is 1.35. The number of nitrogens with two attached hydrogens (primary N) is 1. The maximum atomic E-state index is 10.7. The minimum atomic E-state index is -0.451. The molecule has 1 aromatic carbocycles. The SMILES string of the molecule is N/C(Cc1nc(-c2cccc([N+](=O)[O-])c2)cs1)=N/O. The fourth-order valence-corrected chi connectivity index (χ4v) is 2.31. The Kier molecular flexibility index (Phi) is 3.71. The van der Waals surface area contributed by atoms with Gasteiger partial charge in [0.05, 0.1) is 17.0 Å². The van der Waals surface area contributed by atoms with Crippen LogP contribution in [-0.2, 0) is 6.42 Å². The Morgan fingerprint density at radius 2 is 2.37 bits per heavy atom. The van der Waals surface area contributed by atoms with Gasteiger partial charge in [0, 0.05) is 23.1 Å². The maximum absolute atomic E-state index is 10.7. The average Bonchev–Trinajstić information content (AvgIpc) is 2.87. The Morgan fingerprint density at radius 1 is 1.58 bits per heavy atom. The molecule has 3 N–H and O–H groups in total. The van der Waals surface area contributed by atoms with Crippen molar-refractivity contribution in [3.05, 3.63) is 44.8 Å². The topological polar surface area (TPSA) is 115 Å². The van der Waals surface area contributed by atoms with E-state index in [1.54, 1.807) is 17.5 Å². The quantitative estimate of drug-likeness (QED) is 0.292. The monoisotopic (exact) mass is 278 g/mol. The van der Waals surface area contributed by atoms with Gasteiger partial charge < -0.3 is 10.9 Å². The highest BCUT2D eigenvalue weighted by atomic mass is 32.1. The highest BCUT2D eigenvalue weighted by Crippen LogP contribution is 2.25. The number of benzene rings is 1. The van der Waals surface area contributed by atoms with E-state index in [0.29, 0.717) is 16.3 Å². The van der Waals surface area contributed by atoms with Gasteiger partial charge in [0.1, 0.15) is 10.8 Å². The number of rotatable bonds is 4. The molecule has 7 nitrogen and oxygen atoms in total. The van der Waals surface area contributed by atoms with Crippen LogP contribution in [0.15, 0.2) is 34.8 Å². The number of amidine groups is 1. The summed E-state index contributed by atoms with van der Waals surface area (Å²) in [5, 5.41) is 24.5. The van der Waals surface area contributed by atoms with Gasteiger partial charge >= 0.3 is 0 Å². The molecule has 0 saturated heterocycles. The van der Waals surface area contributed by atoms with Gasteiger partial charge in [-0.25, -0.2) is 4.98 Å². The fraction of sp³-hybridized carbons (Fsp3) is 0.0909. The van der Waals surface area contributed by atoms with Crippen molar-refractivity contribution in [3.63, 3.8) is 0 Å². The number of hydrogen-bond donors (Lipinski definition) is 2. The number of thiazole rings is 1. The first-order chi connectivity index (χ1) is 9.10. The zero-order valence-electron chi connectivity index (χ0n) is 9.68. The van der Waals surface area contributed by atoms with Crippen LogP contribution in [0.5, 0.6) is 0 Å². The second kappa shape index (κ2) is 5.44. The Labute approximate surface area is 112 Å². The van der Waals surface area contributed by atoms with Crippen LogP contribution >= 0.6 is 11.3 Å². The first kappa shape index (κ1) is 13.0. The van der Waals surface area contributed by atoms with Crippen LogP contribution in [0.25, 0.3) is 11.3 Å². The molecule has 0 aliphatic carbocycles.